The minimum Gasteiger partial charge on any atom is -0.462 e. The molecule has 13 heteroatoms. The maximum Gasteiger partial charge on any atom is 0.319 e. The van der Waals surface area contributed by atoms with Crippen LogP contribution in [0.15, 0.2) is 36.5 Å². The molecule has 3 fully saturated rings. The number of benzene rings is 2. The van der Waals surface area contributed by atoms with E-state index in [1.165, 1.54) is 12.3 Å². The van der Waals surface area contributed by atoms with Crippen molar-refractivity contribution < 1.29 is 25.8 Å². The number of likely N-dealkylation sites (N-methyl/N-ethyl adjacent to an activating group) is 1. The van der Waals surface area contributed by atoms with Crippen LogP contribution in [0.1, 0.15) is 24.8 Å². The van der Waals surface area contributed by atoms with Crippen molar-refractivity contribution in [3.05, 3.63) is 53.7 Å². The molecule has 2 aromatic carbocycles. The van der Waals surface area contributed by atoms with Crippen molar-refractivity contribution >= 4 is 37.7 Å². The Hall–Kier alpha value is -3.99. The number of halogens is 3. The van der Waals surface area contributed by atoms with E-state index in [-0.39, 0.29) is 54.4 Å². The fourth-order valence-corrected chi connectivity index (χ4v) is 7.64. The molecule has 228 valence electrons. The van der Waals surface area contributed by atoms with E-state index in [1.807, 2.05) is 0 Å². The number of terminal acetylenes is 1. The van der Waals surface area contributed by atoms with Gasteiger partial charge in [0.25, 0.3) is 0 Å². The van der Waals surface area contributed by atoms with E-state index in [4.69, 9.17) is 11.2 Å². The third-order valence-electron chi connectivity index (χ3n) is 9.01. The van der Waals surface area contributed by atoms with Gasteiger partial charge in [-0.2, -0.15) is 18.4 Å². The number of nitrogens with zero attached hydrogens (tertiary/aromatic N) is 5. The number of hydrogen-bond donors (Lipinski definition) is 1. The number of rotatable bonds is 6. The van der Waals surface area contributed by atoms with Gasteiger partial charge in [-0.25, -0.2) is 8.78 Å². The van der Waals surface area contributed by atoms with Gasteiger partial charge in [-0.15, -0.1) is 10.3 Å². The van der Waals surface area contributed by atoms with E-state index in [1.54, 1.807) is 36.2 Å². The molecule has 3 saturated heterocycles. The molecule has 0 spiro atoms. The van der Waals surface area contributed by atoms with Crippen molar-refractivity contribution in [2.24, 2.45) is 0 Å². The average Bonchev–Trinajstić information content (AvgIpc) is 3.56. The summed E-state index contributed by atoms with van der Waals surface area (Å²) in [4.78, 5) is 17.4. The first-order chi connectivity index (χ1) is 21.1. The zero-order valence-corrected chi connectivity index (χ0v) is 24.6. The molecule has 0 aliphatic carbocycles. The van der Waals surface area contributed by atoms with E-state index in [0.29, 0.717) is 40.6 Å². The normalized spacial score (nSPS) is 23.8. The molecule has 3 aliphatic rings. The molecular weight excluding hydrogens is 593 g/mol. The first-order valence-corrected chi connectivity index (χ1v) is 15.9. The van der Waals surface area contributed by atoms with E-state index >= 15 is 4.39 Å². The fourth-order valence-electron chi connectivity index (χ4n) is 6.78. The maximum absolute atomic E-state index is 16.6. The Bertz CT molecular complexity index is 1940. The van der Waals surface area contributed by atoms with E-state index in [9.17, 15) is 16.7 Å². The quantitative estimate of drug-likeness (QED) is 0.254. The van der Waals surface area contributed by atoms with Gasteiger partial charge in [0, 0.05) is 54.9 Å². The molecule has 4 atom stereocenters. The van der Waals surface area contributed by atoms with Crippen molar-refractivity contribution in [3.63, 3.8) is 0 Å². The third kappa shape index (κ3) is 5.00. The summed E-state index contributed by atoms with van der Waals surface area (Å²) in [7, 11) is -3.01. The van der Waals surface area contributed by atoms with Crippen molar-refractivity contribution in [3.8, 4) is 29.6 Å². The van der Waals surface area contributed by atoms with Crippen molar-refractivity contribution in [1.82, 2.24) is 25.2 Å². The lowest BCUT2D eigenvalue weighted by Crippen LogP contribution is -2.51. The smallest absolute Gasteiger partial charge is 0.319 e. The molecule has 3 aliphatic heterocycles. The highest BCUT2D eigenvalue weighted by Gasteiger charge is 2.39. The van der Waals surface area contributed by atoms with Gasteiger partial charge >= 0.3 is 16.2 Å². The predicted molar refractivity (Wildman–Crippen MR) is 161 cm³/mol. The molecule has 44 heavy (non-hydrogen) atoms. The number of piperazine rings is 1. The largest absolute Gasteiger partial charge is 0.462 e. The molecule has 5 heterocycles. The number of aromatic nitrogens is 3. The zero-order valence-electron chi connectivity index (χ0n) is 23.8. The van der Waals surface area contributed by atoms with Crippen LogP contribution in [0.4, 0.5) is 18.5 Å². The van der Waals surface area contributed by atoms with Crippen LogP contribution in [-0.2, 0) is 10.2 Å². The number of fused-ring (bicyclic) bond motifs is 4. The van der Waals surface area contributed by atoms with Crippen LogP contribution in [-0.4, -0.2) is 84.9 Å². The average molecular weight is 623 g/mol. The van der Waals surface area contributed by atoms with Gasteiger partial charge < -0.3 is 15.0 Å². The number of likely N-dealkylation sites (tertiary alicyclic amines) is 1. The molecule has 2 aromatic heterocycles. The van der Waals surface area contributed by atoms with Crippen LogP contribution in [0.25, 0.3) is 32.9 Å². The van der Waals surface area contributed by atoms with Crippen LogP contribution < -0.4 is 15.0 Å². The lowest BCUT2D eigenvalue weighted by atomic mass is 9.96. The molecule has 0 saturated carbocycles. The van der Waals surface area contributed by atoms with E-state index < -0.39 is 33.1 Å². The molecule has 2 bridgehead atoms. The topological polar surface area (TPSA) is 101 Å². The monoisotopic (exact) mass is 622 g/mol. The second-order valence-electron chi connectivity index (χ2n) is 11.8. The van der Waals surface area contributed by atoms with Crippen molar-refractivity contribution in [2.75, 3.05) is 38.2 Å². The lowest BCUT2D eigenvalue weighted by molar-refractivity contribution is 0.188. The summed E-state index contributed by atoms with van der Waals surface area (Å²) < 4.78 is 74.0. The highest BCUT2D eigenvalue weighted by Crippen LogP contribution is 2.37. The van der Waals surface area contributed by atoms with Crippen molar-refractivity contribution in [1.29, 1.82) is 0 Å². The van der Waals surface area contributed by atoms with Gasteiger partial charge in [0.2, 0.25) is 0 Å². The minimum atomic E-state index is -4.70. The lowest BCUT2D eigenvalue weighted by Gasteiger charge is -2.34. The summed E-state index contributed by atoms with van der Waals surface area (Å²) in [5.74, 6) is 1.53. The number of hydrogen-bond acceptors (Lipinski definition) is 9. The first-order valence-electron chi connectivity index (χ1n) is 14.4. The van der Waals surface area contributed by atoms with Crippen LogP contribution >= 0.6 is 0 Å². The second-order valence-corrected chi connectivity index (χ2v) is 13.4. The van der Waals surface area contributed by atoms with Gasteiger partial charge in [0.15, 0.2) is 5.82 Å². The molecule has 0 amide bonds. The summed E-state index contributed by atoms with van der Waals surface area (Å²) in [5.41, 5.74) is 0.258. The molecule has 0 radical (unpaired) electrons. The van der Waals surface area contributed by atoms with Crippen LogP contribution in [0.2, 0.25) is 0 Å². The fraction of sp³-hybridized carbons (Fsp3) is 0.387. The molecule has 1 N–H and O–H groups in total. The van der Waals surface area contributed by atoms with Gasteiger partial charge in [-0.1, -0.05) is 30.2 Å². The summed E-state index contributed by atoms with van der Waals surface area (Å²) >= 11 is 0. The Labute approximate surface area is 252 Å². The van der Waals surface area contributed by atoms with Gasteiger partial charge in [0.1, 0.15) is 34.7 Å². The first kappa shape index (κ1) is 28.8. The SMILES string of the molecule is C#Cc1c(F)ccc2cccc(-c3ncc4c(N5CC6CCC(C5)N6)nc(OC[C@@H]5C[C@@H](S(=O)(=O)F)CN5C)nc4c3F)c12. The third-order valence-corrected chi connectivity index (χ3v) is 10.1. The summed E-state index contributed by atoms with van der Waals surface area (Å²) in [6.07, 6.45) is 9.27. The molecule has 2 unspecified atom stereocenters. The van der Waals surface area contributed by atoms with Crippen molar-refractivity contribution in [2.45, 2.75) is 42.6 Å². The van der Waals surface area contributed by atoms with Gasteiger partial charge in [0.05, 0.1) is 10.9 Å². The zero-order chi connectivity index (χ0) is 30.7. The minimum absolute atomic E-state index is 0.0115. The van der Waals surface area contributed by atoms with Gasteiger partial charge in [-0.3, -0.25) is 9.88 Å². The summed E-state index contributed by atoms with van der Waals surface area (Å²) in [6, 6.07) is 8.01. The molecule has 4 aromatic rings. The van der Waals surface area contributed by atoms with Crippen LogP contribution in [0, 0.1) is 24.0 Å². The Kier molecular flexibility index (Phi) is 7.10. The Morgan fingerprint density at radius 3 is 2.59 bits per heavy atom. The molecule has 9 nitrogen and oxygen atoms in total. The number of pyridine rings is 1. The standard InChI is InChI=1S/C31H29F3N6O3S/c1-3-22-25(32)10-7-17-5-4-6-23(26(17)22)28-27(33)29-24(12-35-28)30(40-13-18-8-9-19(14-40)36-18)38-31(37-29)43-16-20-11-21(15-39(20)2)44(34,41)42/h1,4-7,10,12,18-21,36H,8-9,11,13-16H2,2H3/t18?,19?,20-,21+/m0/s1. The summed E-state index contributed by atoms with van der Waals surface area (Å²) in [5, 5.41) is 3.83. The van der Waals surface area contributed by atoms with Crippen LogP contribution in [0.5, 0.6) is 6.01 Å². The highest BCUT2D eigenvalue weighted by molar-refractivity contribution is 7.87. The van der Waals surface area contributed by atoms with E-state index in [2.05, 4.69) is 31.1 Å². The van der Waals surface area contributed by atoms with E-state index in [0.717, 1.165) is 12.8 Å². The Morgan fingerprint density at radius 1 is 1.11 bits per heavy atom. The Balaban J connectivity index is 1.33. The predicted octanol–water partition coefficient (Wildman–Crippen LogP) is 3.80. The van der Waals surface area contributed by atoms with Gasteiger partial charge in [-0.05, 0) is 37.8 Å². The highest BCUT2D eigenvalue weighted by atomic mass is 32.3. The number of nitrogens with one attached hydrogen (secondary N) is 1. The maximum atomic E-state index is 16.6. The number of anilines is 1. The Morgan fingerprint density at radius 2 is 1.89 bits per heavy atom. The van der Waals surface area contributed by atoms with Crippen LogP contribution in [0.3, 0.4) is 0 Å². The molecular formula is C31H29F3N6O3S. The number of ether oxygens (including phenoxy) is 1. The second kappa shape index (κ2) is 10.9. The summed E-state index contributed by atoms with van der Waals surface area (Å²) in [6.45, 7) is 1.32. The molecule has 7 rings (SSSR count).